The number of hydrogen-bond donors (Lipinski definition) is 2. The summed E-state index contributed by atoms with van der Waals surface area (Å²) in [6, 6.07) is 7.00. The Labute approximate surface area is 194 Å². The van der Waals surface area contributed by atoms with E-state index in [-0.39, 0.29) is 11.6 Å². The first kappa shape index (κ1) is 21.3. The molecule has 9 heteroatoms. The highest BCUT2D eigenvalue weighted by atomic mass is 32.1. The van der Waals surface area contributed by atoms with Gasteiger partial charge in [-0.15, -0.1) is 17.9 Å². The second kappa shape index (κ2) is 9.11. The highest BCUT2D eigenvalue weighted by Crippen LogP contribution is 2.39. The zero-order valence-electron chi connectivity index (χ0n) is 17.9. The first-order chi connectivity index (χ1) is 16.1. The molecule has 2 N–H and O–H groups in total. The fourth-order valence-corrected chi connectivity index (χ4v) is 5.31. The van der Waals surface area contributed by atoms with Crippen LogP contribution in [0.5, 0.6) is 11.5 Å². The standard InChI is InChI=1S/C24H23N3O5S/c1-2-9-25-23(29)21-15-5-3-4-6-20(15)33-24(21)26-22(28)16-13-18(32-27-16)14-7-8-17-19(12-14)31-11-10-30-17/h2,7-8,12-13H,1,3-6,9-11H2,(H,25,29)(H,26,28). The van der Waals surface area contributed by atoms with Gasteiger partial charge in [0.05, 0.1) is 5.56 Å². The van der Waals surface area contributed by atoms with Crippen LogP contribution in [-0.4, -0.2) is 36.7 Å². The van der Waals surface area contributed by atoms with Gasteiger partial charge >= 0.3 is 0 Å². The molecule has 170 valence electrons. The minimum atomic E-state index is -0.432. The van der Waals surface area contributed by atoms with E-state index in [1.165, 1.54) is 11.3 Å². The molecule has 1 aliphatic heterocycles. The number of thiophene rings is 1. The molecule has 1 aliphatic carbocycles. The lowest BCUT2D eigenvalue weighted by Gasteiger charge is -2.18. The van der Waals surface area contributed by atoms with Crippen molar-refractivity contribution in [1.82, 2.24) is 10.5 Å². The third-order valence-corrected chi connectivity index (χ3v) is 6.81. The number of hydrogen-bond acceptors (Lipinski definition) is 7. The molecule has 5 rings (SSSR count). The Morgan fingerprint density at radius 2 is 1.91 bits per heavy atom. The SMILES string of the molecule is C=CCNC(=O)c1c(NC(=O)c2cc(-c3ccc4c(c3)OCCO4)on2)sc2c1CCCC2. The lowest BCUT2D eigenvalue weighted by Crippen LogP contribution is -2.26. The third kappa shape index (κ3) is 4.23. The minimum Gasteiger partial charge on any atom is -0.486 e. The predicted octanol–water partition coefficient (Wildman–Crippen LogP) is 4.22. The summed E-state index contributed by atoms with van der Waals surface area (Å²) in [4.78, 5) is 26.9. The lowest BCUT2D eigenvalue weighted by molar-refractivity contribution is 0.0958. The van der Waals surface area contributed by atoms with Gasteiger partial charge in [-0.1, -0.05) is 11.2 Å². The Balaban J connectivity index is 1.38. The molecule has 0 radical (unpaired) electrons. The number of benzene rings is 1. The van der Waals surface area contributed by atoms with Crippen LogP contribution in [0.25, 0.3) is 11.3 Å². The number of fused-ring (bicyclic) bond motifs is 2. The van der Waals surface area contributed by atoms with Crippen LogP contribution in [0.3, 0.4) is 0 Å². The Morgan fingerprint density at radius 1 is 1.09 bits per heavy atom. The van der Waals surface area contributed by atoms with Crippen molar-refractivity contribution in [2.75, 3.05) is 25.1 Å². The molecule has 3 aromatic rings. The van der Waals surface area contributed by atoms with E-state index in [2.05, 4.69) is 22.4 Å². The lowest BCUT2D eigenvalue weighted by atomic mass is 9.95. The fraction of sp³-hybridized carbons (Fsp3) is 0.292. The molecule has 0 unspecified atom stereocenters. The Bertz CT molecular complexity index is 1230. The number of carbonyl (C=O) groups is 2. The second-order valence-corrected chi connectivity index (χ2v) is 8.91. The number of anilines is 1. The molecule has 0 spiro atoms. The first-order valence-electron chi connectivity index (χ1n) is 10.9. The van der Waals surface area contributed by atoms with Crippen molar-refractivity contribution in [1.29, 1.82) is 0 Å². The van der Waals surface area contributed by atoms with Crippen molar-refractivity contribution < 1.29 is 23.6 Å². The smallest absolute Gasteiger partial charge is 0.278 e. The van der Waals surface area contributed by atoms with Crippen LogP contribution in [0.1, 0.15) is 44.1 Å². The molecule has 0 saturated heterocycles. The van der Waals surface area contributed by atoms with Gasteiger partial charge in [-0.2, -0.15) is 0 Å². The number of amides is 2. The average Bonchev–Trinajstić information content (AvgIpc) is 3.47. The van der Waals surface area contributed by atoms with Crippen molar-refractivity contribution in [3.05, 3.63) is 58.6 Å². The van der Waals surface area contributed by atoms with Gasteiger partial charge in [0.15, 0.2) is 23.0 Å². The Morgan fingerprint density at radius 3 is 2.76 bits per heavy atom. The number of nitrogens with zero attached hydrogens (tertiary/aromatic N) is 1. The van der Waals surface area contributed by atoms with Crippen LogP contribution in [0.15, 0.2) is 41.4 Å². The van der Waals surface area contributed by atoms with E-state index in [0.29, 0.717) is 47.6 Å². The number of carbonyl (C=O) groups excluding carboxylic acids is 2. The van der Waals surface area contributed by atoms with Crippen LogP contribution < -0.4 is 20.1 Å². The van der Waals surface area contributed by atoms with Crippen molar-refractivity contribution in [2.45, 2.75) is 25.7 Å². The van der Waals surface area contributed by atoms with E-state index < -0.39 is 5.91 Å². The molecule has 3 heterocycles. The molecule has 0 saturated carbocycles. The molecule has 0 fully saturated rings. The highest BCUT2D eigenvalue weighted by molar-refractivity contribution is 7.17. The summed E-state index contributed by atoms with van der Waals surface area (Å²) in [6.45, 7) is 5.00. The monoisotopic (exact) mass is 465 g/mol. The van der Waals surface area contributed by atoms with Crippen LogP contribution in [0.4, 0.5) is 5.00 Å². The summed E-state index contributed by atoms with van der Waals surface area (Å²) in [5.74, 6) is 1.10. The zero-order valence-corrected chi connectivity index (χ0v) is 18.8. The van der Waals surface area contributed by atoms with Crippen molar-refractivity contribution >= 4 is 28.2 Å². The quantitative estimate of drug-likeness (QED) is 0.529. The molecule has 0 atom stereocenters. The van der Waals surface area contributed by atoms with Gasteiger partial charge in [0, 0.05) is 23.1 Å². The summed E-state index contributed by atoms with van der Waals surface area (Å²) in [6.07, 6.45) is 5.48. The molecule has 33 heavy (non-hydrogen) atoms. The van der Waals surface area contributed by atoms with Crippen LogP contribution >= 0.6 is 11.3 Å². The van der Waals surface area contributed by atoms with Gasteiger partial charge in [-0.25, -0.2) is 0 Å². The van der Waals surface area contributed by atoms with E-state index in [4.69, 9.17) is 14.0 Å². The largest absolute Gasteiger partial charge is 0.486 e. The molecule has 8 nitrogen and oxygen atoms in total. The molecular weight excluding hydrogens is 442 g/mol. The number of nitrogens with one attached hydrogen (secondary N) is 2. The highest BCUT2D eigenvalue weighted by Gasteiger charge is 2.27. The topological polar surface area (TPSA) is 103 Å². The first-order valence-corrected chi connectivity index (χ1v) is 11.7. The minimum absolute atomic E-state index is 0.128. The van der Waals surface area contributed by atoms with Crippen molar-refractivity contribution in [3.8, 4) is 22.8 Å². The van der Waals surface area contributed by atoms with Crippen LogP contribution in [0, 0.1) is 0 Å². The normalized spacial score (nSPS) is 14.3. The van der Waals surface area contributed by atoms with E-state index in [1.54, 1.807) is 24.3 Å². The van der Waals surface area contributed by atoms with Gasteiger partial charge in [0.1, 0.15) is 18.2 Å². The van der Waals surface area contributed by atoms with E-state index in [1.807, 2.05) is 6.07 Å². The van der Waals surface area contributed by atoms with Gasteiger partial charge in [-0.3, -0.25) is 9.59 Å². The summed E-state index contributed by atoms with van der Waals surface area (Å²) in [7, 11) is 0. The van der Waals surface area contributed by atoms with Gasteiger partial charge < -0.3 is 24.6 Å². The predicted molar refractivity (Wildman–Crippen MR) is 124 cm³/mol. The number of ether oxygens (including phenoxy) is 2. The van der Waals surface area contributed by atoms with Gasteiger partial charge in [0.2, 0.25) is 0 Å². The number of aromatic nitrogens is 1. The summed E-state index contributed by atoms with van der Waals surface area (Å²) >= 11 is 1.46. The summed E-state index contributed by atoms with van der Waals surface area (Å²) in [5, 5.41) is 10.2. The van der Waals surface area contributed by atoms with Crippen LogP contribution in [0.2, 0.25) is 0 Å². The molecule has 1 aromatic carbocycles. The molecular formula is C24H23N3O5S. The average molecular weight is 466 g/mol. The van der Waals surface area contributed by atoms with Crippen molar-refractivity contribution in [3.63, 3.8) is 0 Å². The molecule has 2 amide bonds. The van der Waals surface area contributed by atoms with Gasteiger partial charge in [-0.05, 0) is 49.4 Å². The maximum atomic E-state index is 13.0. The second-order valence-electron chi connectivity index (χ2n) is 7.80. The zero-order chi connectivity index (χ0) is 22.8. The van der Waals surface area contributed by atoms with E-state index in [9.17, 15) is 9.59 Å². The van der Waals surface area contributed by atoms with Crippen molar-refractivity contribution in [2.24, 2.45) is 0 Å². The maximum Gasteiger partial charge on any atom is 0.278 e. The van der Waals surface area contributed by atoms with E-state index >= 15 is 0 Å². The van der Waals surface area contributed by atoms with Gasteiger partial charge in [0.25, 0.3) is 11.8 Å². The Kier molecular flexibility index (Phi) is 5.87. The summed E-state index contributed by atoms with van der Waals surface area (Å²) < 4.78 is 16.6. The van der Waals surface area contributed by atoms with Crippen LogP contribution in [-0.2, 0) is 12.8 Å². The van der Waals surface area contributed by atoms with E-state index in [0.717, 1.165) is 41.7 Å². The number of aryl methyl sites for hydroxylation is 1. The maximum absolute atomic E-state index is 13.0. The molecule has 2 aromatic heterocycles. The fourth-order valence-electron chi connectivity index (χ4n) is 4.03. The summed E-state index contributed by atoms with van der Waals surface area (Å²) in [5.41, 5.74) is 2.42. The Hall–Kier alpha value is -3.59. The molecule has 2 aliphatic rings. The molecule has 0 bridgehead atoms. The number of rotatable bonds is 6. The third-order valence-electron chi connectivity index (χ3n) is 5.60.